The van der Waals surface area contributed by atoms with Crippen LogP contribution >= 0.6 is 0 Å². The summed E-state index contributed by atoms with van der Waals surface area (Å²) < 4.78 is 22.3. The predicted octanol–water partition coefficient (Wildman–Crippen LogP) is 2.60. The maximum absolute atomic E-state index is 13.6. The van der Waals surface area contributed by atoms with Crippen molar-refractivity contribution in [3.63, 3.8) is 0 Å². The highest BCUT2D eigenvalue weighted by atomic mass is 16.5. The van der Waals surface area contributed by atoms with Crippen LogP contribution < -0.4 is 29.7 Å². The van der Waals surface area contributed by atoms with E-state index < -0.39 is 23.5 Å². The Morgan fingerprint density at radius 3 is 2.25 bits per heavy atom. The number of amides is 3. The smallest absolute Gasteiger partial charge is 0.234 e. The van der Waals surface area contributed by atoms with Crippen molar-refractivity contribution >= 4 is 34.8 Å². The van der Waals surface area contributed by atoms with Crippen LogP contribution in [0.25, 0.3) is 0 Å². The fourth-order valence-corrected chi connectivity index (χ4v) is 5.32. The van der Waals surface area contributed by atoms with E-state index in [2.05, 4.69) is 10.6 Å². The number of hydrogen-bond donors (Lipinski definition) is 2. The zero-order chi connectivity index (χ0) is 25.6. The molecular formula is C26H27N3O7. The lowest BCUT2D eigenvalue weighted by molar-refractivity contribution is -0.128. The van der Waals surface area contributed by atoms with Gasteiger partial charge in [0.2, 0.25) is 23.5 Å². The maximum atomic E-state index is 13.6. The van der Waals surface area contributed by atoms with E-state index in [1.165, 1.54) is 28.3 Å². The molecule has 0 aromatic heterocycles. The van der Waals surface area contributed by atoms with Crippen LogP contribution in [0.3, 0.4) is 0 Å². The molecule has 2 fully saturated rings. The third-order valence-electron chi connectivity index (χ3n) is 6.83. The molecular weight excluding hydrogens is 466 g/mol. The number of carbonyl (C=O) groups is 3. The quantitative estimate of drug-likeness (QED) is 0.570. The first-order chi connectivity index (χ1) is 17.3. The van der Waals surface area contributed by atoms with Gasteiger partial charge in [-0.1, -0.05) is 12.2 Å². The average molecular weight is 494 g/mol. The number of rotatable bonds is 7. The molecule has 0 saturated carbocycles. The molecule has 10 heteroatoms. The number of carbonyl (C=O) groups excluding carboxylic acids is 3. The molecule has 0 aliphatic carbocycles. The molecule has 3 aliphatic heterocycles. The third kappa shape index (κ3) is 3.74. The Balaban J connectivity index is 1.39. The van der Waals surface area contributed by atoms with Crippen LogP contribution in [-0.2, 0) is 19.1 Å². The van der Waals surface area contributed by atoms with Crippen LogP contribution in [0.1, 0.15) is 6.92 Å². The second-order valence-electron chi connectivity index (χ2n) is 8.96. The summed E-state index contributed by atoms with van der Waals surface area (Å²) in [4.78, 5) is 40.0. The first-order valence-corrected chi connectivity index (χ1v) is 11.5. The highest BCUT2D eigenvalue weighted by Gasteiger charge is 2.67. The molecule has 2 N–H and O–H groups in total. The van der Waals surface area contributed by atoms with E-state index in [-0.39, 0.29) is 17.7 Å². The highest BCUT2D eigenvalue weighted by Crippen LogP contribution is 2.53. The van der Waals surface area contributed by atoms with Crippen LogP contribution in [0, 0.1) is 11.8 Å². The lowest BCUT2D eigenvalue weighted by Gasteiger charge is -2.24. The molecule has 2 bridgehead atoms. The van der Waals surface area contributed by atoms with Crippen molar-refractivity contribution in [3.8, 4) is 17.2 Å². The predicted molar refractivity (Wildman–Crippen MR) is 132 cm³/mol. The molecule has 188 valence electrons. The van der Waals surface area contributed by atoms with E-state index in [9.17, 15) is 14.4 Å². The first-order valence-electron chi connectivity index (χ1n) is 11.5. The monoisotopic (exact) mass is 493 g/mol. The van der Waals surface area contributed by atoms with Gasteiger partial charge in [-0.25, -0.2) is 0 Å². The number of hydrogen-bond acceptors (Lipinski definition) is 7. The standard InChI is InChI=1S/C26H27N3O7/c1-14(30)27-15-5-7-17(8-6-15)29-13-26-10-9-18(36-26)21(22(26)25(29)32)24(31)28-16-11-19(33-2)23(35-4)20(12-16)34-3/h5-12,18,21-22H,13H2,1-4H3,(H,27,30)(H,28,31). The van der Waals surface area contributed by atoms with Crippen molar-refractivity contribution in [1.82, 2.24) is 0 Å². The summed E-state index contributed by atoms with van der Waals surface area (Å²) in [5.41, 5.74) is 0.888. The second-order valence-corrected chi connectivity index (χ2v) is 8.96. The molecule has 0 radical (unpaired) electrons. The van der Waals surface area contributed by atoms with Gasteiger partial charge in [-0.05, 0) is 24.3 Å². The number of benzene rings is 2. The van der Waals surface area contributed by atoms with Crippen LogP contribution in [-0.4, -0.2) is 57.3 Å². The number of nitrogens with one attached hydrogen (secondary N) is 2. The number of methoxy groups -OCH3 is 3. The Bertz CT molecular complexity index is 1230. The molecule has 1 spiro atoms. The minimum atomic E-state index is -0.866. The molecule has 36 heavy (non-hydrogen) atoms. The van der Waals surface area contributed by atoms with Gasteiger partial charge in [0, 0.05) is 36.1 Å². The zero-order valence-corrected chi connectivity index (χ0v) is 20.4. The second kappa shape index (κ2) is 8.87. The van der Waals surface area contributed by atoms with Crippen molar-refractivity contribution in [2.24, 2.45) is 11.8 Å². The first kappa shape index (κ1) is 23.7. The van der Waals surface area contributed by atoms with Crippen LogP contribution in [0.15, 0.2) is 48.6 Å². The minimum absolute atomic E-state index is 0.176. The van der Waals surface area contributed by atoms with Gasteiger partial charge in [0.05, 0.1) is 45.8 Å². The van der Waals surface area contributed by atoms with Crippen molar-refractivity contribution in [3.05, 3.63) is 48.6 Å². The summed E-state index contributed by atoms with van der Waals surface area (Å²) in [6.07, 6.45) is 3.26. The Labute approximate surface area is 208 Å². The fraction of sp³-hybridized carbons (Fsp3) is 0.346. The Hall–Kier alpha value is -4.05. The van der Waals surface area contributed by atoms with E-state index in [1.54, 1.807) is 41.3 Å². The SMILES string of the molecule is COc1cc(NC(=O)C2C3C=CC4(CN(c5ccc(NC(C)=O)cc5)C(=O)C24)O3)cc(OC)c1OC. The molecule has 3 heterocycles. The maximum Gasteiger partial charge on any atom is 0.234 e. The van der Waals surface area contributed by atoms with Crippen LogP contribution in [0.2, 0.25) is 0 Å². The topological polar surface area (TPSA) is 115 Å². The van der Waals surface area contributed by atoms with Crippen molar-refractivity contribution in [2.75, 3.05) is 43.4 Å². The van der Waals surface area contributed by atoms with E-state index in [0.717, 1.165) is 0 Å². The molecule has 3 aliphatic rings. The molecule has 5 rings (SSSR count). The van der Waals surface area contributed by atoms with Crippen LogP contribution in [0.5, 0.6) is 17.2 Å². The molecule has 3 amide bonds. The molecule has 10 nitrogen and oxygen atoms in total. The highest BCUT2D eigenvalue weighted by molar-refractivity contribution is 6.05. The van der Waals surface area contributed by atoms with Gasteiger partial charge in [-0.2, -0.15) is 0 Å². The van der Waals surface area contributed by atoms with E-state index >= 15 is 0 Å². The van der Waals surface area contributed by atoms with Gasteiger partial charge in [0.25, 0.3) is 0 Å². The van der Waals surface area contributed by atoms with Crippen molar-refractivity contribution < 1.29 is 33.3 Å². The summed E-state index contributed by atoms with van der Waals surface area (Å²) >= 11 is 0. The normalized spacial score (nSPS) is 25.5. The number of anilines is 3. The largest absolute Gasteiger partial charge is 0.493 e. The van der Waals surface area contributed by atoms with Gasteiger partial charge < -0.3 is 34.5 Å². The summed E-state index contributed by atoms with van der Waals surface area (Å²) in [6.45, 7) is 1.73. The van der Waals surface area contributed by atoms with Gasteiger partial charge in [0.1, 0.15) is 5.60 Å². The molecule has 2 saturated heterocycles. The van der Waals surface area contributed by atoms with Gasteiger partial charge in [-0.3, -0.25) is 14.4 Å². The molecule has 4 unspecified atom stereocenters. The Morgan fingerprint density at radius 1 is 1.00 bits per heavy atom. The number of fused-ring (bicyclic) bond motifs is 1. The number of ether oxygens (including phenoxy) is 4. The third-order valence-corrected chi connectivity index (χ3v) is 6.83. The number of nitrogens with zero attached hydrogens (tertiary/aromatic N) is 1. The van der Waals surface area contributed by atoms with Gasteiger partial charge in [-0.15, -0.1) is 0 Å². The molecule has 2 aromatic carbocycles. The lowest BCUT2D eigenvalue weighted by Crippen LogP contribution is -2.41. The minimum Gasteiger partial charge on any atom is -0.493 e. The Morgan fingerprint density at radius 2 is 1.67 bits per heavy atom. The summed E-state index contributed by atoms with van der Waals surface area (Å²) in [7, 11) is 4.49. The summed E-state index contributed by atoms with van der Waals surface area (Å²) in [5.74, 6) is -0.841. The average Bonchev–Trinajstić information content (AvgIpc) is 3.51. The summed E-state index contributed by atoms with van der Waals surface area (Å²) in [6, 6.07) is 10.3. The van der Waals surface area contributed by atoms with Crippen molar-refractivity contribution in [2.45, 2.75) is 18.6 Å². The fourth-order valence-electron chi connectivity index (χ4n) is 5.32. The Kier molecular flexibility index (Phi) is 5.83. The van der Waals surface area contributed by atoms with Gasteiger partial charge >= 0.3 is 0 Å². The van der Waals surface area contributed by atoms with E-state index in [1.807, 2.05) is 12.2 Å². The van der Waals surface area contributed by atoms with Gasteiger partial charge in [0.15, 0.2) is 11.5 Å². The molecule has 4 atom stereocenters. The lowest BCUT2D eigenvalue weighted by atomic mass is 9.77. The summed E-state index contributed by atoms with van der Waals surface area (Å²) in [5, 5.41) is 5.61. The van der Waals surface area contributed by atoms with E-state index in [4.69, 9.17) is 18.9 Å². The van der Waals surface area contributed by atoms with Crippen molar-refractivity contribution in [1.29, 1.82) is 0 Å². The van der Waals surface area contributed by atoms with E-state index in [0.29, 0.717) is 40.9 Å². The zero-order valence-electron chi connectivity index (χ0n) is 20.4. The molecule has 2 aromatic rings. The van der Waals surface area contributed by atoms with Crippen LogP contribution in [0.4, 0.5) is 17.1 Å².